The van der Waals surface area contributed by atoms with Gasteiger partial charge in [-0.15, -0.1) is 0 Å². The van der Waals surface area contributed by atoms with E-state index in [0.717, 1.165) is 11.1 Å². The first-order valence-corrected chi connectivity index (χ1v) is 9.83. The number of carbonyl (C=O) groups excluding carboxylic acids is 1. The minimum atomic E-state index is -0.724. The van der Waals surface area contributed by atoms with Crippen molar-refractivity contribution in [3.05, 3.63) is 91.5 Å². The highest BCUT2D eigenvalue weighted by Gasteiger charge is 2.45. The SMILES string of the molecule is Cc1cc(N2C(=O)c3oc4cc(C)c(C)cc4c(=O)c3[C@@H]2c2cccc(Cl)c2)no1. The molecule has 2 aromatic carbocycles. The number of amides is 1. The van der Waals surface area contributed by atoms with Crippen LogP contribution in [0.5, 0.6) is 0 Å². The van der Waals surface area contributed by atoms with Crippen molar-refractivity contribution in [1.82, 2.24) is 5.16 Å². The Balaban J connectivity index is 1.84. The molecule has 1 aliphatic heterocycles. The molecule has 0 bridgehead atoms. The molecule has 3 heterocycles. The number of fused-ring (bicyclic) bond motifs is 2. The molecular formula is C23H17ClN2O4. The van der Waals surface area contributed by atoms with Gasteiger partial charge in [-0.25, -0.2) is 0 Å². The number of hydrogen-bond donors (Lipinski definition) is 0. The van der Waals surface area contributed by atoms with Crippen molar-refractivity contribution in [2.45, 2.75) is 26.8 Å². The Bertz CT molecular complexity index is 1400. The van der Waals surface area contributed by atoms with E-state index in [0.29, 0.717) is 33.1 Å². The van der Waals surface area contributed by atoms with E-state index in [1.807, 2.05) is 19.9 Å². The van der Waals surface area contributed by atoms with Crippen LogP contribution in [-0.4, -0.2) is 11.1 Å². The van der Waals surface area contributed by atoms with E-state index in [1.54, 1.807) is 43.3 Å². The second-order valence-electron chi connectivity index (χ2n) is 7.54. The number of aromatic nitrogens is 1. The van der Waals surface area contributed by atoms with Crippen molar-refractivity contribution in [2.24, 2.45) is 0 Å². The molecule has 4 aromatic rings. The Labute approximate surface area is 176 Å². The number of hydrogen-bond acceptors (Lipinski definition) is 5. The fourth-order valence-corrected chi connectivity index (χ4v) is 4.12. The number of carbonyl (C=O) groups is 1. The van der Waals surface area contributed by atoms with Gasteiger partial charge in [0.25, 0.3) is 5.91 Å². The maximum Gasteiger partial charge on any atom is 0.296 e. The van der Waals surface area contributed by atoms with Crippen LogP contribution in [0.1, 0.15) is 44.6 Å². The highest BCUT2D eigenvalue weighted by atomic mass is 35.5. The topological polar surface area (TPSA) is 76.6 Å². The number of anilines is 1. The number of aryl methyl sites for hydroxylation is 3. The maximum atomic E-state index is 13.6. The van der Waals surface area contributed by atoms with Gasteiger partial charge >= 0.3 is 0 Å². The third kappa shape index (κ3) is 2.68. The van der Waals surface area contributed by atoms with Gasteiger partial charge in [-0.2, -0.15) is 0 Å². The number of rotatable bonds is 2. The van der Waals surface area contributed by atoms with Gasteiger partial charge in [-0.05, 0) is 61.7 Å². The molecule has 5 rings (SSSR count). The van der Waals surface area contributed by atoms with E-state index in [9.17, 15) is 9.59 Å². The van der Waals surface area contributed by atoms with Crippen LogP contribution in [0.25, 0.3) is 11.0 Å². The minimum absolute atomic E-state index is 0.0152. The lowest BCUT2D eigenvalue weighted by molar-refractivity contribution is 0.0969. The largest absolute Gasteiger partial charge is 0.450 e. The molecule has 0 fully saturated rings. The second kappa shape index (κ2) is 6.57. The first-order chi connectivity index (χ1) is 14.3. The Morgan fingerprint density at radius 1 is 1.03 bits per heavy atom. The van der Waals surface area contributed by atoms with Gasteiger partial charge in [-0.3, -0.25) is 14.5 Å². The molecule has 2 aromatic heterocycles. The molecule has 30 heavy (non-hydrogen) atoms. The summed E-state index contributed by atoms with van der Waals surface area (Å²) in [5, 5.41) is 4.95. The van der Waals surface area contributed by atoms with Gasteiger partial charge in [0.05, 0.1) is 17.0 Å². The number of halogens is 1. The fourth-order valence-electron chi connectivity index (χ4n) is 3.92. The molecule has 1 aliphatic rings. The molecule has 6 nitrogen and oxygen atoms in total. The molecule has 0 spiro atoms. The summed E-state index contributed by atoms with van der Waals surface area (Å²) in [5.74, 6) is 0.431. The maximum absolute atomic E-state index is 13.6. The van der Waals surface area contributed by atoms with Crippen molar-refractivity contribution in [3.63, 3.8) is 0 Å². The summed E-state index contributed by atoms with van der Waals surface area (Å²) in [7, 11) is 0. The highest BCUT2D eigenvalue weighted by molar-refractivity contribution is 6.30. The molecule has 0 N–H and O–H groups in total. The Morgan fingerprint density at radius 3 is 2.50 bits per heavy atom. The normalized spacial score (nSPS) is 15.8. The first-order valence-electron chi connectivity index (χ1n) is 9.45. The van der Waals surface area contributed by atoms with Gasteiger partial charge in [0.2, 0.25) is 5.76 Å². The van der Waals surface area contributed by atoms with E-state index in [-0.39, 0.29) is 16.8 Å². The van der Waals surface area contributed by atoms with Gasteiger partial charge in [0, 0.05) is 11.1 Å². The van der Waals surface area contributed by atoms with E-state index in [4.69, 9.17) is 20.5 Å². The van der Waals surface area contributed by atoms with Crippen LogP contribution in [0.3, 0.4) is 0 Å². The van der Waals surface area contributed by atoms with Crippen molar-refractivity contribution in [3.8, 4) is 0 Å². The van der Waals surface area contributed by atoms with Crippen LogP contribution in [0, 0.1) is 20.8 Å². The molecule has 1 amide bonds. The predicted molar refractivity (Wildman–Crippen MR) is 113 cm³/mol. The van der Waals surface area contributed by atoms with Gasteiger partial charge < -0.3 is 8.94 Å². The summed E-state index contributed by atoms with van der Waals surface area (Å²) < 4.78 is 11.2. The summed E-state index contributed by atoms with van der Waals surface area (Å²) in [6.07, 6.45) is 0. The van der Waals surface area contributed by atoms with Crippen molar-refractivity contribution in [2.75, 3.05) is 4.90 Å². The van der Waals surface area contributed by atoms with Crippen molar-refractivity contribution in [1.29, 1.82) is 0 Å². The molecular weight excluding hydrogens is 404 g/mol. The van der Waals surface area contributed by atoms with E-state index < -0.39 is 11.9 Å². The number of nitrogens with zero attached hydrogens (tertiary/aromatic N) is 2. The highest BCUT2D eigenvalue weighted by Crippen LogP contribution is 2.41. The lowest BCUT2D eigenvalue weighted by Gasteiger charge is -2.22. The Hall–Kier alpha value is -3.38. The van der Waals surface area contributed by atoms with Gasteiger partial charge in [0.1, 0.15) is 11.3 Å². The lowest BCUT2D eigenvalue weighted by Crippen LogP contribution is -2.29. The predicted octanol–water partition coefficient (Wildman–Crippen LogP) is 5.11. The zero-order valence-corrected chi connectivity index (χ0v) is 17.3. The fraction of sp³-hybridized carbons (Fsp3) is 0.174. The van der Waals surface area contributed by atoms with Crippen LogP contribution < -0.4 is 10.3 Å². The van der Waals surface area contributed by atoms with Crippen LogP contribution in [0.2, 0.25) is 5.02 Å². The molecule has 0 saturated carbocycles. The Morgan fingerprint density at radius 2 is 1.80 bits per heavy atom. The summed E-state index contributed by atoms with van der Waals surface area (Å²) in [6, 6.07) is 11.6. The van der Waals surface area contributed by atoms with Crippen molar-refractivity contribution >= 4 is 34.3 Å². The monoisotopic (exact) mass is 420 g/mol. The quantitative estimate of drug-likeness (QED) is 0.450. The molecule has 0 aliphatic carbocycles. The average molecular weight is 421 g/mol. The van der Waals surface area contributed by atoms with Crippen LogP contribution in [-0.2, 0) is 0 Å². The molecule has 7 heteroatoms. The number of benzene rings is 2. The second-order valence-corrected chi connectivity index (χ2v) is 7.97. The first kappa shape index (κ1) is 18.6. The summed E-state index contributed by atoms with van der Waals surface area (Å²) in [6.45, 7) is 5.61. The summed E-state index contributed by atoms with van der Waals surface area (Å²) >= 11 is 6.22. The summed E-state index contributed by atoms with van der Waals surface area (Å²) in [4.78, 5) is 28.4. The van der Waals surface area contributed by atoms with Crippen LogP contribution in [0.15, 0.2) is 56.2 Å². The standard InChI is InChI=1S/C23H17ClN2O4/c1-11-7-16-17(8-12(11)2)29-22-19(21(16)27)20(14-5-4-6-15(24)10-14)26(23(22)28)18-9-13(3)30-25-18/h4-10,20H,1-3H3/t20-/m0/s1. The smallest absolute Gasteiger partial charge is 0.296 e. The van der Waals surface area contributed by atoms with Crippen molar-refractivity contribution < 1.29 is 13.7 Å². The van der Waals surface area contributed by atoms with Gasteiger partial charge in [0.15, 0.2) is 11.2 Å². The third-order valence-corrected chi connectivity index (χ3v) is 5.75. The molecule has 0 unspecified atom stereocenters. The Kier molecular flexibility index (Phi) is 4.08. The van der Waals surface area contributed by atoms with Crippen LogP contribution in [0.4, 0.5) is 5.82 Å². The molecule has 0 saturated heterocycles. The van der Waals surface area contributed by atoms with E-state index in [1.165, 1.54) is 4.90 Å². The third-order valence-electron chi connectivity index (χ3n) is 5.51. The zero-order valence-electron chi connectivity index (χ0n) is 16.5. The molecule has 1 atom stereocenters. The van der Waals surface area contributed by atoms with Crippen LogP contribution >= 0.6 is 11.6 Å². The van der Waals surface area contributed by atoms with E-state index in [2.05, 4.69) is 5.16 Å². The minimum Gasteiger partial charge on any atom is -0.450 e. The molecule has 0 radical (unpaired) electrons. The average Bonchev–Trinajstić information content (AvgIpc) is 3.25. The van der Waals surface area contributed by atoms with E-state index >= 15 is 0 Å². The molecule has 150 valence electrons. The van der Waals surface area contributed by atoms with Gasteiger partial charge in [-0.1, -0.05) is 28.9 Å². The lowest BCUT2D eigenvalue weighted by atomic mass is 9.97. The zero-order chi connectivity index (χ0) is 21.2. The summed E-state index contributed by atoms with van der Waals surface area (Å²) in [5.41, 5.74) is 3.06.